The molecule has 0 saturated heterocycles. The number of Topliss-reactive ketones (excluding diaryl/α,β-unsaturated/α-hetero) is 1. The first kappa shape index (κ1) is 57.2. The highest BCUT2D eigenvalue weighted by Crippen LogP contribution is 2.29. The molecule has 0 aromatic heterocycles. The first-order valence-corrected chi connectivity index (χ1v) is 20.2. The maximum Gasteiger partial charge on any atom is 0.292 e. The van der Waals surface area contributed by atoms with E-state index in [2.05, 4.69) is 59.9 Å². The highest BCUT2D eigenvalue weighted by Gasteiger charge is 2.24. The van der Waals surface area contributed by atoms with Crippen molar-refractivity contribution in [2.24, 2.45) is 11.3 Å². The van der Waals surface area contributed by atoms with Crippen LogP contribution in [0.25, 0.3) is 0 Å². The molecular formula is C47H78O7. The summed E-state index contributed by atoms with van der Waals surface area (Å²) in [6.07, 6.45) is 37.4. The molecular weight excluding hydrogens is 677 g/mol. The lowest BCUT2D eigenvalue weighted by Gasteiger charge is -2.28. The molecule has 1 atom stereocenters. The number of unbranched alkanes of at least 4 members (excludes halogenated alkanes) is 7. The van der Waals surface area contributed by atoms with E-state index in [-0.39, 0.29) is 11.2 Å². The average molecular weight is 755 g/mol. The Labute approximate surface area is 332 Å². The number of terminal acetylenes is 2. The number of methoxy groups -OCH3 is 2. The minimum absolute atomic E-state index is 0.00167. The molecule has 1 aromatic rings. The van der Waals surface area contributed by atoms with Crippen LogP contribution in [0, 0.1) is 36.0 Å². The molecule has 308 valence electrons. The molecule has 1 saturated carbocycles. The number of ketones is 1. The van der Waals surface area contributed by atoms with Gasteiger partial charge in [-0.2, -0.15) is 0 Å². The third-order valence-corrected chi connectivity index (χ3v) is 8.52. The van der Waals surface area contributed by atoms with E-state index in [1.165, 1.54) is 70.5 Å². The van der Waals surface area contributed by atoms with Gasteiger partial charge in [0.1, 0.15) is 18.9 Å². The summed E-state index contributed by atoms with van der Waals surface area (Å²) in [5.74, 6) is 6.48. The van der Waals surface area contributed by atoms with Gasteiger partial charge in [-0.15, -0.1) is 24.7 Å². The molecule has 1 aliphatic rings. The molecule has 0 spiro atoms. The summed E-state index contributed by atoms with van der Waals surface area (Å²) in [6, 6.07) is 10.9. The fourth-order valence-electron chi connectivity index (χ4n) is 5.70. The van der Waals surface area contributed by atoms with Crippen molar-refractivity contribution in [3.63, 3.8) is 0 Å². The minimum atomic E-state index is -0.00167. The lowest BCUT2D eigenvalue weighted by Crippen LogP contribution is -2.29. The van der Waals surface area contributed by atoms with Crippen LogP contribution in [0.15, 0.2) is 42.5 Å². The molecule has 0 bridgehead atoms. The van der Waals surface area contributed by atoms with Gasteiger partial charge in [0.05, 0.1) is 26.9 Å². The normalized spacial score (nSPS) is 12.4. The smallest absolute Gasteiger partial charge is 0.292 e. The van der Waals surface area contributed by atoms with Crippen molar-refractivity contribution < 1.29 is 33.4 Å². The van der Waals surface area contributed by atoms with Crippen LogP contribution in [0.3, 0.4) is 0 Å². The van der Waals surface area contributed by atoms with Gasteiger partial charge in [0, 0.05) is 44.6 Å². The van der Waals surface area contributed by atoms with Gasteiger partial charge in [0.15, 0.2) is 0 Å². The second-order valence-electron chi connectivity index (χ2n) is 13.3. The van der Waals surface area contributed by atoms with Gasteiger partial charge < -0.3 is 23.8 Å². The molecule has 0 heterocycles. The van der Waals surface area contributed by atoms with E-state index in [1.54, 1.807) is 7.11 Å². The van der Waals surface area contributed by atoms with Crippen molar-refractivity contribution in [2.75, 3.05) is 34.0 Å². The second kappa shape index (κ2) is 49.5. The lowest BCUT2D eigenvalue weighted by atomic mass is 9.86. The van der Waals surface area contributed by atoms with E-state index in [0.717, 1.165) is 63.6 Å². The Kier molecular flexibility index (Phi) is 52.4. The summed E-state index contributed by atoms with van der Waals surface area (Å²) >= 11 is 0. The highest BCUT2D eigenvalue weighted by molar-refractivity contribution is 5.78. The Bertz CT molecular complexity index is 1030. The van der Waals surface area contributed by atoms with Crippen LogP contribution in [0.4, 0.5) is 0 Å². The maximum absolute atomic E-state index is 11.8. The van der Waals surface area contributed by atoms with Crippen LogP contribution < -0.4 is 0 Å². The largest absolute Gasteiger partial charge is 0.471 e. The van der Waals surface area contributed by atoms with E-state index in [0.29, 0.717) is 45.6 Å². The summed E-state index contributed by atoms with van der Waals surface area (Å²) in [7, 11) is 3.03. The second-order valence-corrected chi connectivity index (χ2v) is 13.3. The highest BCUT2D eigenvalue weighted by atomic mass is 16.5. The van der Waals surface area contributed by atoms with Gasteiger partial charge in [-0.3, -0.25) is 9.59 Å². The topological polar surface area (TPSA) is 96.0 Å². The molecule has 1 aromatic carbocycles. The SMILES string of the molecule is C#CCCCC=O.C#CCCCCC(C)(COC)COCCC(=O)CCC/C=C\C.C=O.CC.COC=O.c1ccc(CCCCCC2CCCC2)cc1. The van der Waals surface area contributed by atoms with Gasteiger partial charge in [0.2, 0.25) is 0 Å². The quantitative estimate of drug-likeness (QED) is 0.0424. The van der Waals surface area contributed by atoms with Crippen molar-refractivity contribution in [1.82, 2.24) is 0 Å². The number of carbonyl (C=O) groups excluding carboxylic acids is 4. The number of rotatable bonds is 25. The number of aldehydes is 1. The fraction of sp³-hybridized carbons (Fsp3) is 0.660. The van der Waals surface area contributed by atoms with Crippen molar-refractivity contribution in [1.29, 1.82) is 0 Å². The Morgan fingerprint density at radius 1 is 0.870 bits per heavy atom. The zero-order chi connectivity index (χ0) is 41.4. The Morgan fingerprint density at radius 3 is 2.06 bits per heavy atom. The van der Waals surface area contributed by atoms with Gasteiger partial charge in [-0.05, 0) is 63.4 Å². The standard InChI is InChI=1S/C20H34O3.C16H24.C6H8O.C2H4O2.C2H6.CH2O/c1-5-7-9-11-13-19(21)14-16-23-18-20(3,17-22-4)15-12-10-8-6-2;1-3-9-15(10-4-1)11-5-2-6-12-16-13-7-8-14-16;1-2-3-4-5-6-7;1-4-2-3;2*1-2/h2,5,7H,8-18H2,1,3-4H3;1,3-4,9-10,16H,2,5-8,11-14H2;1,6H,3-5H2;2H,1H3;1-2H3;1H2/b7-5-;;;;;. The van der Waals surface area contributed by atoms with Crippen LogP contribution >= 0.6 is 0 Å². The first-order valence-electron chi connectivity index (χ1n) is 20.2. The molecule has 0 amide bonds. The van der Waals surface area contributed by atoms with Crippen LogP contribution in [-0.2, 0) is 39.8 Å². The van der Waals surface area contributed by atoms with Gasteiger partial charge in [-0.25, -0.2) is 0 Å². The predicted octanol–water partition coefficient (Wildman–Crippen LogP) is 11.2. The number of hydrogen-bond acceptors (Lipinski definition) is 7. The molecule has 0 N–H and O–H groups in total. The first-order chi connectivity index (χ1) is 26.4. The molecule has 0 aliphatic heterocycles. The number of aryl methyl sites for hydroxylation is 1. The number of allylic oxidation sites excluding steroid dienone is 2. The van der Waals surface area contributed by atoms with Crippen molar-refractivity contribution >= 4 is 25.3 Å². The summed E-state index contributed by atoms with van der Waals surface area (Å²) < 4.78 is 14.9. The zero-order valence-electron chi connectivity index (χ0n) is 35.3. The predicted molar refractivity (Wildman–Crippen MR) is 227 cm³/mol. The number of carbonyl (C=O) groups is 4. The summed E-state index contributed by atoms with van der Waals surface area (Å²) in [4.78, 5) is 38.3. The molecule has 2 rings (SSSR count). The van der Waals surface area contributed by atoms with E-state index >= 15 is 0 Å². The Balaban J connectivity index is -0.000000346. The van der Waals surface area contributed by atoms with Crippen molar-refractivity contribution in [3.8, 4) is 24.7 Å². The molecule has 54 heavy (non-hydrogen) atoms. The lowest BCUT2D eigenvalue weighted by molar-refractivity contribution is -0.126. The van der Waals surface area contributed by atoms with E-state index in [9.17, 15) is 9.59 Å². The van der Waals surface area contributed by atoms with E-state index in [4.69, 9.17) is 31.9 Å². The van der Waals surface area contributed by atoms with Gasteiger partial charge in [-0.1, -0.05) is 115 Å². The summed E-state index contributed by atoms with van der Waals surface area (Å²) in [5, 5.41) is 0. The maximum atomic E-state index is 11.8. The summed E-state index contributed by atoms with van der Waals surface area (Å²) in [5.41, 5.74) is 1.50. The fourth-order valence-corrected chi connectivity index (χ4v) is 5.70. The van der Waals surface area contributed by atoms with Crippen molar-refractivity contribution in [2.45, 2.75) is 156 Å². The average Bonchev–Trinajstić information content (AvgIpc) is 3.73. The molecule has 1 fully saturated rings. The Hall–Kier alpha value is -3.52. The minimum Gasteiger partial charge on any atom is -0.471 e. The van der Waals surface area contributed by atoms with Gasteiger partial charge >= 0.3 is 0 Å². The van der Waals surface area contributed by atoms with Gasteiger partial charge in [0.25, 0.3) is 6.47 Å². The number of hydrogen-bond donors (Lipinski definition) is 0. The zero-order valence-corrected chi connectivity index (χ0v) is 35.3. The van der Waals surface area contributed by atoms with Crippen LogP contribution in [0.1, 0.15) is 155 Å². The monoisotopic (exact) mass is 755 g/mol. The van der Waals surface area contributed by atoms with Crippen molar-refractivity contribution in [3.05, 3.63) is 48.0 Å². The van der Waals surface area contributed by atoms with Crippen LogP contribution in [0.5, 0.6) is 0 Å². The third kappa shape index (κ3) is 44.6. The molecule has 1 aliphatic carbocycles. The summed E-state index contributed by atoms with van der Waals surface area (Å²) in [6.45, 7) is 12.3. The molecule has 0 radical (unpaired) electrons. The van der Waals surface area contributed by atoms with Crippen LogP contribution in [-0.4, -0.2) is 59.4 Å². The molecule has 7 heteroatoms. The third-order valence-electron chi connectivity index (χ3n) is 8.52. The van der Waals surface area contributed by atoms with Crippen LogP contribution in [0.2, 0.25) is 0 Å². The number of benzene rings is 1. The number of ether oxygens (including phenoxy) is 3. The molecule has 1 unspecified atom stereocenters. The van der Waals surface area contributed by atoms with E-state index in [1.807, 2.05) is 33.6 Å². The van der Waals surface area contributed by atoms with E-state index < -0.39 is 0 Å². The Morgan fingerprint density at radius 2 is 1.50 bits per heavy atom. The molecule has 7 nitrogen and oxygen atoms in total.